The number of carbonyl (C=O) groups excluding carboxylic acids is 1. The lowest BCUT2D eigenvalue weighted by Gasteiger charge is -2.13. The highest BCUT2D eigenvalue weighted by molar-refractivity contribution is 6.15. The number of rotatable bonds is 7. The molecule has 1 aliphatic rings. The van der Waals surface area contributed by atoms with Gasteiger partial charge in [0, 0.05) is 40.7 Å². The van der Waals surface area contributed by atoms with Crippen LogP contribution in [-0.4, -0.2) is 34.9 Å². The van der Waals surface area contributed by atoms with Gasteiger partial charge in [-0.2, -0.15) is 0 Å². The predicted octanol–water partition coefficient (Wildman–Crippen LogP) is 6.77. The number of hydrogen-bond donors (Lipinski definition) is 1. The minimum absolute atomic E-state index is 0.255. The molecule has 0 unspecified atom stereocenters. The fourth-order valence-corrected chi connectivity index (χ4v) is 4.59. The summed E-state index contributed by atoms with van der Waals surface area (Å²) < 4.78 is 19.0. The molecule has 192 valence electrons. The zero-order chi connectivity index (χ0) is 26.8. The van der Waals surface area contributed by atoms with E-state index >= 15 is 0 Å². The molecule has 1 fully saturated rings. The van der Waals surface area contributed by atoms with E-state index in [1.54, 1.807) is 31.8 Å². The van der Waals surface area contributed by atoms with E-state index in [0.717, 1.165) is 38.7 Å². The third-order valence-electron chi connectivity index (χ3n) is 6.75. The smallest absolute Gasteiger partial charge is 0.231 e. The summed E-state index contributed by atoms with van der Waals surface area (Å²) in [6.07, 6.45) is 4.30. The van der Waals surface area contributed by atoms with Crippen molar-refractivity contribution >= 4 is 33.9 Å². The Morgan fingerprint density at radius 3 is 2.31 bits per heavy atom. The highest BCUT2D eigenvalue weighted by Gasteiger charge is 2.43. The van der Waals surface area contributed by atoms with Crippen LogP contribution in [0.5, 0.6) is 5.75 Å². The van der Waals surface area contributed by atoms with Gasteiger partial charge in [-0.25, -0.2) is 14.4 Å². The van der Waals surface area contributed by atoms with Gasteiger partial charge in [-0.3, -0.25) is 9.78 Å². The van der Waals surface area contributed by atoms with E-state index < -0.39 is 12.1 Å². The minimum Gasteiger partial charge on any atom is -0.496 e. The molecule has 0 bridgehead atoms. The van der Waals surface area contributed by atoms with Crippen LogP contribution in [0.1, 0.15) is 17.5 Å². The first-order valence-electron chi connectivity index (χ1n) is 12.7. The number of halogens is 1. The maximum Gasteiger partial charge on any atom is 0.231 e. The number of pyridine rings is 2. The highest BCUT2D eigenvalue weighted by Crippen LogP contribution is 2.38. The van der Waals surface area contributed by atoms with E-state index in [9.17, 15) is 9.18 Å². The van der Waals surface area contributed by atoms with Gasteiger partial charge in [-0.1, -0.05) is 60.7 Å². The maximum absolute atomic E-state index is 13.4. The van der Waals surface area contributed by atoms with Gasteiger partial charge >= 0.3 is 0 Å². The fraction of sp³-hybridized carbons (Fsp3) is 0.125. The van der Waals surface area contributed by atoms with Crippen LogP contribution in [-0.2, 0) is 4.79 Å². The van der Waals surface area contributed by atoms with Crippen LogP contribution in [0.25, 0.3) is 21.9 Å². The van der Waals surface area contributed by atoms with Crippen molar-refractivity contribution < 1.29 is 13.9 Å². The van der Waals surface area contributed by atoms with Crippen molar-refractivity contribution in [3.05, 3.63) is 115 Å². The average molecular weight is 517 g/mol. The van der Waals surface area contributed by atoms with Crippen LogP contribution >= 0.6 is 0 Å². The molecule has 7 heteroatoms. The molecule has 5 aromatic rings. The third kappa shape index (κ3) is 5.11. The summed E-state index contributed by atoms with van der Waals surface area (Å²) in [6.45, 7) is 0. The van der Waals surface area contributed by atoms with Crippen LogP contribution in [0.15, 0.2) is 109 Å². The molecule has 2 atom stereocenters. The quantitative estimate of drug-likeness (QED) is 0.242. The number of aliphatic imine (C=N–C) groups is 1. The Hall–Kier alpha value is -4.91. The number of anilines is 1. The van der Waals surface area contributed by atoms with Crippen LogP contribution in [0.2, 0.25) is 0 Å². The lowest BCUT2D eigenvalue weighted by Crippen LogP contribution is -2.15. The number of amides is 1. The minimum atomic E-state index is -1.08. The molecular formula is C32H25FN4O2. The predicted molar refractivity (Wildman–Crippen MR) is 151 cm³/mol. The number of hydrogen-bond acceptors (Lipinski definition) is 5. The molecule has 6 rings (SSSR count). The van der Waals surface area contributed by atoms with E-state index in [1.165, 1.54) is 0 Å². The molecule has 0 saturated heterocycles. The zero-order valence-electron chi connectivity index (χ0n) is 21.2. The van der Waals surface area contributed by atoms with Gasteiger partial charge < -0.3 is 10.1 Å². The van der Waals surface area contributed by atoms with Gasteiger partial charge in [0.1, 0.15) is 17.7 Å². The number of ether oxygens (including phenoxy) is 1. The van der Waals surface area contributed by atoms with Crippen LogP contribution in [0, 0.1) is 5.92 Å². The molecule has 0 spiro atoms. The summed E-state index contributed by atoms with van der Waals surface area (Å²) in [7, 11) is 1.62. The number of benzene rings is 3. The maximum atomic E-state index is 13.4. The van der Waals surface area contributed by atoms with Crippen molar-refractivity contribution in [2.45, 2.75) is 12.6 Å². The van der Waals surface area contributed by atoms with E-state index in [4.69, 9.17) is 9.73 Å². The molecule has 1 N–H and O–H groups in total. The SMILES string of the molecule is COc1ccncc1-c1cc(N=C(c2ccccc2)c2ccccc2)c2cnc(NC(=O)[C@@H]3C[C@@H]3F)cc2c1. The first-order valence-corrected chi connectivity index (χ1v) is 12.7. The largest absolute Gasteiger partial charge is 0.496 e. The number of carbonyl (C=O) groups is 1. The highest BCUT2D eigenvalue weighted by atomic mass is 19.1. The molecule has 2 aromatic heterocycles. The van der Waals surface area contributed by atoms with E-state index in [0.29, 0.717) is 17.3 Å². The first-order chi connectivity index (χ1) is 19.1. The molecule has 39 heavy (non-hydrogen) atoms. The Balaban J connectivity index is 1.54. The van der Waals surface area contributed by atoms with Crippen molar-refractivity contribution in [2.24, 2.45) is 10.9 Å². The third-order valence-corrected chi connectivity index (χ3v) is 6.75. The fourth-order valence-electron chi connectivity index (χ4n) is 4.59. The van der Waals surface area contributed by atoms with Gasteiger partial charge in [0.2, 0.25) is 5.91 Å². The number of nitrogens with one attached hydrogen (secondary N) is 1. The number of alkyl halides is 1. The van der Waals surface area contributed by atoms with Crippen LogP contribution in [0.4, 0.5) is 15.9 Å². The number of fused-ring (bicyclic) bond motifs is 1. The van der Waals surface area contributed by atoms with Crippen molar-refractivity contribution in [3.63, 3.8) is 0 Å². The lowest BCUT2D eigenvalue weighted by molar-refractivity contribution is -0.117. The van der Waals surface area contributed by atoms with Gasteiger partial charge in [-0.15, -0.1) is 0 Å². The Bertz CT molecular complexity index is 1650. The summed E-state index contributed by atoms with van der Waals surface area (Å²) in [4.78, 5) is 26.3. The molecular weight excluding hydrogens is 491 g/mol. The Morgan fingerprint density at radius 2 is 1.67 bits per heavy atom. The van der Waals surface area contributed by atoms with E-state index in [-0.39, 0.29) is 12.3 Å². The second kappa shape index (κ2) is 10.5. The molecule has 3 aromatic carbocycles. The van der Waals surface area contributed by atoms with Crippen LogP contribution < -0.4 is 10.1 Å². The average Bonchev–Trinajstić information content (AvgIpc) is 3.73. The normalized spacial score (nSPS) is 15.9. The Morgan fingerprint density at radius 1 is 0.974 bits per heavy atom. The topological polar surface area (TPSA) is 76.5 Å². The van der Waals surface area contributed by atoms with Crippen molar-refractivity contribution in [1.29, 1.82) is 0 Å². The molecule has 1 aliphatic carbocycles. The van der Waals surface area contributed by atoms with Crippen molar-refractivity contribution in [1.82, 2.24) is 9.97 Å². The van der Waals surface area contributed by atoms with Gasteiger partial charge in [0.15, 0.2) is 0 Å². The Kier molecular flexibility index (Phi) is 6.55. The van der Waals surface area contributed by atoms with Crippen molar-refractivity contribution in [2.75, 3.05) is 12.4 Å². The Labute approximate surface area is 225 Å². The zero-order valence-corrected chi connectivity index (χ0v) is 21.2. The number of aromatic nitrogens is 2. The van der Waals surface area contributed by atoms with Crippen LogP contribution in [0.3, 0.4) is 0 Å². The van der Waals surface area contributed by atoms with Gasteiger partial charge in [0.05, 0.1) is 24.4 Å². The monoisotopic (exact) mass is 516 g/mol. The molecule has 0 radical (unpaired) electrons. The summed E-state index contributed by atoms with van der Waals surface area (Å²) in [5.74, 6) is 0.0835. The molecule has 2 heterocycles. The molecule has 6 nitrogen and oxygen atoms in total. The molecule has 1 amide bonds. The summed E-state index contributed by atoms with van der Waals surface area (Å²) in [5, 5.41) is 4.38. The van der Waals surface area contributed by atoms with Gasteiger partial charge in [0.25, 0.3) is 0 Å². The number of methoxy groups -OCH3 is 1. The van der Waals surface area contributed by atoms with E-state index in [2.05, 4.69) is 15.3 Å². The summed E-state index contributed by atoms with van der Waals surface area (Å²) >= 11 is 0. The second-order valence-electron chi connectivity index (χ2n) is 9.40. The lowest BCUT2D eigenvalue weighted by atomic mass is 9.99. The number of nitrogens with zero attached hydrogens (tertiary/aromatic N) is 3. The summed E-state index contributed by atoms with van der Waals surface area (Å²) in [6, 6.07) is 27.6. The van der Waals surface area contributed by atoms with Crippen molar-refractivity contribution in [3.8, 4) is 16.9 Å². The standard InChI is InChI=1S/C32H25FN4O2/c1-39-29-12-13-34-18-26(29)22-14-23-16-30(37-32(38)24-17-27(24)33)35-19-25(23)28(15-22)36-31(20-8-4-2-5-9-20)21-10-6-3-7-11-21/h2-16,18-19,24,27H,17H2,1H3,(H,35,37,38)/t24-,27+/m1/s1. The first kappa shape index (κ1) is 24.4. The van der Waals surface area contributed by atoms with E-state index in [1.807, 2.05) is 78.9 Å². The second-order valence-corrected chi connectivity index (χ2v) is 9.40. The molecule has 0 aliphatic heterocycles. The van der Waals surface area contributed by atoms with Gasteiger partial charge in [-0.05, 0) is 41.6 Å². The summed E-state index contributed by atoms with van der Waals surface area (Å²) in [5.41, 5.74) is 5.12. The molecule has 1 saturated carbocycles.